The average Bonchev–Trinajstić information content (AvgIpc) is 2.38. The lowest BCUT2D eigenvalue weighted by molar-refractivity contribution is -0.384. The largest absolute Gasteiger partial charge is 0.385 e. The molecule has 0 aliphatic carbocycles. The maximum Gasteiger partial charge on any atom is 0.292 e. The van der Waals surface area contributed by atoms with Gasteiger partial charge in [-0.05, 0) is 23.8 Å². The molecule has 0 saturated carbocycles. The first-order valence-corrected chi connectivity index (χ1v) is 6.86. The van der Waals surface area contributed by atoms with E-state index in [0.29, 0.717) is 5.69 Å². The van der Waals surface area contributed by atoms with E-state index in [1.807, 2.05) is 6.07 Å². The summed E-state index contributed by atoms with van der Waals surface area (Å²) in [4.78, 5) is 10.5. The van der Waals surface area contributed by atoms with Crippen LogP contribution in [0.2, 0.25) is 0 Å². The molecule has 5 nitrogen and oxygen atoms in total. The molecule has 0 aliphatic heterocycles. The van der Waals surface area contributed by atoms with E-state index in [4.69, 9.17) is 4.74 Å². The summed E-state index contributed by atoms with van der Waals surface area (Å²) in [6, 6.07) is 5.31. The van der Waals surface area contributed by atoms with Crippen LogP contribution in [-0.2, 0) is 10.5 Å². The minimum Gasteiger partial charge on any atom is -0.385 e. The van der Waals surface area contributed by atoms with Crippen LogP contribution in [0.5, 0.6) is 0 Å². The first-order valence-electron chi connectivity index (χ1n) is 5.70. The highest BCUT2D eigenvalue weighted by molar-refractivity contribution is 7.98. The minimum absolute atomic E-state index is 0.132. The maximum atomic E-state index is 10.9. The van der Waals surface area contributed by atoms with Gasteiger partial charge in [-0.15, -0.1) is 0 Å². The van der Waals surface area contributed by atoms with Crippen molar-refractivity contribution in [1.29, 1.82) is 0 Å². The van der Waals surface area contributed by atoms with Crippen LogP contribution < -0.4 is 5.32 Å². The van der Waals surface area contributed by atoms with Crippen molar-refractivity contribution in [2.45, 2.75) is 12.2 Å². The monoisotopic (exact) mass is 270 g/mol. The number of anilines is 1. The second-order valence-corrected chi connectivity index (χ2v) is 4.86. The van der Waals surface area contributed by atoms with E-state index < -0.39 is 0 Å². The maximum absolute atomic E-state index is 10.9. The van der Waals surface area contributed by atoms with E-state index in [0.717, 1.165) is 30.1 Å². The summed E-state index contributed by atoms with van der Waals surface area (Å²) >= 11 is 1.76. The van der Waals surface area contributed by atoms with Crippen molar-refractivity contribution >= 4 is 23.1 Å². The molecule has 1 aromatic rings. The van der Waals surface area contributed by atoms with E-state index in [1.54, 1.807) is 38.1 Å². The Hall–Kier alpha value is -1.27. The second kappa shape index (κ2) is 7.94. The molecule has 0 atom stereocenters. The summed E-state index contributed by atoms with van der Waals surface area (Å²) < 4.78 is 4.96. The molecule has 0 saturated heterocycles. The normalized spacial score (nSPS) is 10.3. The summed E-state index contributed by atoms with van der Waals surface area (Å²) in [5.74, 6) is 1.78. The van der Waals surface area contributed by atoms with Crippen LogP contribution in [0.1, 0.15) is 12.0 Å². The Bertz CT molecular complexity index is 399. The third kappa shape index (κ3) is 4.54. The molecule has 18 heavy (non-hydrogen) atoms. The standard InChI is InChI=1S/C12H18N2O3S/c1-13-11-5-4-10(8-12(11)14(15)16)9-18-7-3-6-17-2/h4-5,8,13H,3,6-7,9H2,1-2H3. The predicted molar refractivity (Wildman–Crippen MR) is 75.3 cm³/mol. The number of hydrogen-bond donors (Lipinski definition) is 1. The van der Waals surface area contributed by atoms with Gasteiger partial charge < -0.3 is 10.1 Å². The fourth-order valence-corrected chi connectivity index (χ4v) is 2.41. The molecule has 100 valence electrons. The molecular weight excluding hydrogens is 252 g/mol. The number of ether oxygens (including phenoxy) is 1. The van der Waals surface area contributed by atoms with Crippen LogP contribution in [-0.4, -0.2) is 31.4 Å². The van der Waals surface area contributed by atoms with Crippen molar-refractivity contribution < 1.29 is 9.66 Å². The Kier molecular flexibility index (Phi) is 6.53. The number of methoxy groups -OCH3 is 1. The Morgan fingerprint density at radius 3 is 2.89 bits per heavy atom. The first-order chi connectivity index (χ1) is 8.69. The Labute approximate surface area is 111 Å². The Morgan fingerprint density at radius 2 is 2.28 bits per heavy atom. The van der Waals surface area contributed by atoms with Crippen molar-refractivity contribution in [3.05, 3.63) is 33.9 Å². The molecule has 0 unspecified atom stereocenters. The number of nitrogens with zero attached hydrogens (tertiary/aromatic N) is 1. The number of benzene rings is 1. The average molecular weight is 270 g/mol. The number of nitrogens with one attached hydrogen (secondary N) is 1. The Balaban J connectivity index is 2.56. The fourth-order valence-electron chi connectivity index (χ4n) is 1.52. The molecule has 0 bridgehead atoms. The first kappa shape index (κ1) is 14.8. The molecule has 0 heterocycles. The summed E-state index contributed by atoms with van der Waals surface area (Å²) in [6.07, 6.45) is 0.998. The van der Waals surface area contributed by atoms with E-state index in [1.165, 1.54) is 0 Å². The van der Waals surface area contributed by atoms with Crippen LogP contribution in [0.25, 0.3) is 0 Å². The highest BCUT2D eigenvalue weighted by atomic mass is 32.2. The van der Waals surface area contributed by atoms with Crippen LogP contribution in [0.3, 0.4) is 0 Å². The topological polar surface area (TPSA) is 64.4 Å². The van der Waals surface area contributed by atoms with Crippen LogP contribution >= 0.6 is 11.8 Å². The number of rotatable bonds is 8. The van der Waals surface area contributed by atoms with Crippen LogP contribution in [0.15, 0.2) is 18.2 Å². The van der Waals surface area contributed by atoms with Crippen LogP contribution in [0.4, 0.5) is 11.4 Å². The molecule has 1 rings (SSSR count). The number of nitro groups is 1. The van der Waals surface area contributed by atoms with Gasteiger partial charge in [-0.1, -0.05) is 6.07 Å². The van der Waals surface area contributed by atoms with Gasteiger partial charge in [-0.25, -0.2) is 0 Å². The van der Waals surface area contributed by atoms with Gasteiger partial charge >= 0.3 is 0 Å². The van der Waals surface area contributed by atoms with Crippen molar-refractivity contribution in [2.24, 2.45) is 0 Å². The lowest BCUT2D eigenvalue weighted by Crippen LogP contribution is -1.97. The number of hydrogen-bond acceptors (Lipinski definition) is 5. The molecule has 0 spiro atoms. The zero-order valence-electron chi connectivity index (χ0n) is 10.6. The zero-order chi connectivity index (χ0) is 13.4. The van der Waals surface area contributed by atoms with Gasteiger partial charge in [0, 0.05) is 32.6 Å². The number of thioether (sulfide) groups is 1. The molecule has 0 radical (unpaired) electrons. The van der Waals surface area contributed by atoms with E-state index in [9.17, 15) is 10.1 Å². The van der Waals surface area contributed by atoms with Gasteiger partial charge in [0.15, 0.2) is 0 Å². The Morgan fingerprint density at radius 1 is 1.50 bits per heavy atom. The highest BCUT2D eigenvalue weighted by Gasteiger charge is 2.13. The van der Waals surface area contributed by atoms with E-state index in [-0.39, 0.29) is 10.6 Å². The lowest BCUT2D eigenvalue weighted by Gasteiger charge is -2.05. The predicted octanol–water partition coefficient (Wildman–Crippen LogP) is 2.91. The molecule has 0 aliphatic rings. The van der Waals surface area contributed by atoms with E-state index >= 15 is 0 Å². The van der Waals surface area contributed by atoms with Crippen molar-refractivity contribution in [1.82, 2.24) is 0 Å². The summed E-state index contributed by atoms with van der Waals surface area (Å²) in [5, 5.41) is 13.7. The van der Waals surface area contributed by atoms with Crippen molar-refractivity contribution in [3.8, 4) is 0 Å². The second-order valence-electron chi connectivity index (χ2n) is 3.76. The van der Waals surface area contributed by atoms with Crippen molar-refractivity contribution in [3.63, 3.8) is 0 Å². The van der Waals surface area contributed by atoms with Gasteiger partial charge in [0.05, 0.1) is 4.92 Å². The molecule has 1 N–H and O–H groups in total. The quantitative estimate of drug-likeness (QED) is 0.447. The third-order valence-electron chi connectivity index (χ3n) is 2.43. The summed E-state index contributed by atoms with van der Waals surface area (Å²) in [7, 11) is 3.37. The third-order valence-corrected chi connectivity index (χ3v) is 3.55. The van der Waals surface area contributed by atoms with Gasteiger partial charge in [0.25, 0.3) is 5.69 Å². The van der Waals surface area contributed by atoms with E-state index in [2.05, 4.69) is 5.32 Å². The number of nitro benzene ring substituents is 1. The van der Waals surface area contributed by atoms with Crippen LogP contribution in [0, 0.1) is 10.1 Å². The highest BCUT2D eigenvalue weighted by Crippen LogP contribution is 2.26. The molecule has 0 amide bonds. The minimum atomic E-state index is -0.356. The molecule has 0 fully saturated rings. The summed E-state index contributed by atoms with van der Waals surface area (Å²) in [6.45, 7) is 0.756. The molecule has 6 heteroatoms. The SMILES string of the molecule is CNc1ccc(CSCCCOC)cc1[N+](=O)[O-]. The molecule has 1 aromatic carbocycles. The lowest BCUT2D eigenvalue weighted by atomic mass is 10.2. The molecular formula is C12H18N2O3S. The van der Waals surface area contributed by atoms with Crippen molar-refractivity contribution in [2.75, 3.05) is 31.8 Å². The summed E-state index contributed by atoms with van der Waals surface area (Å²) in [5.41, 5.74) is 1.66. The van der Waals surface area contributed by atoms with Gasteiger partial charge in [-0.3, -0.25) is 10.1 Å². The fraction of sp³-hybridized carbons (Fsp3) is 0.500. The van der Waals surface area contributed by atoms with Gasteiger partial charge in [0.2, 0.25) is 0 Å². The smallest absolute Gasteiger partial charge is 0.292 e. The van der Waals surface area contributed by atoms with Gasteiger partial charge in [-0.2, -0.15) is 11.8 Å². The zero-order valence-corrected chi connectivity index (χ0v) is 11.5. The molecule has 0 aromatic heterocycles. The van der Waals surface area contributed by atoms with Gasteiger partial charge in [0.1, 0.15) is 5.69 Å².